The maximum atomic E-state index is 4.35. The molecule has 0 aliphatic carbocycles. The molecule has 1 unspecified atom stereocenters. The summed E-state index contributed by atoms with van der Waals surface area (Å²) in [5, 5.41) is 7.76. The lowest BCUT2D eigenvalue weighted by molar-refractivity contribution is 0.698. The van der Waals surface area contributed by atoms with Gasteiger partial charge in [0.25, 0.3) is 0 Å². The quantitative estimate of drug-likeness (QED) is 0.419. The fraction of sp³-hybridized carbons (Fsp3) is 0.412. The predicted molar refractivity (Wildman–Crippen MR) is 110 cm³/mol. The molecule has 2 N–H and O–H groups in total. The summed E-state index contributed by atoms with van der Waals surface area (Å²) in [4.78, 5) is 9.84. The average molecular weight is 444 g/mol. The number of thiazole rings is 1. The van der Waals surface area contributed by atoms with Gasteiger partial charge in [0, 0.05) is 24.7 Å². The lowest BCUT2D eigenvalue weighted by Gasteiger charge is -2.16. The summed E-state index contributed by atoms with van der Waals surface area (Å²) < 4.78 is 0. The summed E-state index contributed by atoms with van der Waals surface area (Å²) in [5.74, 6) is 1.24. The van der Waals surface area contributed by atoms with E-state index in [-0.39, 0.29) is 24.0 Å². The first-order chi connectivity index (χ1) is 10.6. The molecular formula is C17H25IN4S. The monoisotopic (exact) mass is 444 g/mol. The van der Waals surface area contributed by atoms with Crippen molar-refractivity contribution in [1.29, 1.82) is 0 Å². The highest BCUT2D eigenvalue weighted by Gasteiger charge is 2.07. The molecule has 0 saturated carbocycles. The normalized spacial score (nSPS) is 12.4. The van der Waals surface area contributed by atoms with Crippen LogP contribution in [0.2, 0.25) is 0 Å². The number of benzene rings is 1. The molecule has 1 aromatic heterocycles. The average Bonchev–Trinajstić information content (AvgIpc) is 2.92. The van der Waals surface area contributed by atoms with E-state index in [2.05, 4.69) is 65.6 Å². The number of rotatable bonds is 5. The van der Waals surface area contributed by atoms with Gasteiger partial charge in [-0.1, -0.05) is 36.8 Å². The first-order valence-corrected chi connectivity index (χ1v) is 8.32. The van der Waals surface area contributed by atoms with Crippen molar-refractivity contribution in [2.24, 2.45) is 4.99 Å². The zero-order chi connectivity index (χ0) is 15.9. The Kier molecular flexibility index (Phi) is 8.54. The molecule has 6 heteroatoms. The zero-order valence-electron chi connectivity index (χ0n) is 14.1. The Morgan fingerprint density at radius 3 is 2.70 bits per heavy atom. The minimum Gasteiger partial charge on any atom is -0.356 e. The van der Waals surface area contributed by atoms with Crippen LogP contribution in [0.4, 0.5) is 0 Å². The highest BCUT2D eigenvalue weighted by Crippen LogP contribution is 2.15. The molecule has 0 amide bonds. The van der Waals surface area contributed by atoms with Crippen LogP contribution in [0.15, 0.2) is 35.5 Å². The molecule has 0 aliphatic heterocycles. The Labute approximate surface area is 159 Å². The van der Waals surface area contributed by atoms with Crippen molar-refractivity contribution in [1.82, 2.24) is 15.6 Å². The minimum absolute atomic E-state index is 0. The van der Waals surface area contributed by atoms with Crippen LogP contribution < -0.4 is 10.6 Å². The van der Waals surface area contributed by atoms with Gasteiger partial charge >= 0.3 is 0 Å². The third-order valence-electron chi connectivity index (χ3n) is 3.49. The van der Waals surface area contributed by atoms with Crippen LogP contribution in [0.25, 0.3) is 0 Å². The molecule has 4 nitrogen and oxygen atoms in total. The van der Waals surface area contributed by atoms with Gasteiger partial charge in [-0.05, 0) is 25.3 Å². The smallest absolute Gasteiger partial charge is 0.191 e. The Balaban J connectivity index is 0.00000264. The fourth-order valence-electron chi connectivity index (χ4n) is 2.21. The van der Waals surface area contributed by atoms with E-state index < -0.39 is 0 Å². The first kappa shape index (κ1) is 19.9. The molecule has 1 atom stereocenters. The van der Waals surface area contributed by atoms with Gasteiger partial charge in [0.1, 0.15) is 5.01 Å². The SMILES string of the molecule is CN=C(NCc1ncc(C)s1)NCC(C)c1cccc(C)c1.I. The van der Waals surface area contributed by atoms with Gasteiger partial charge in [-0.2, -0.15) is 0 Å². The third-order valence-corrected chi connectivity index (χ3v) is 4.40. The number of aryl methyl sites for hydroxylation is 2. The molecule has 1 heterocycles. The lowest BCUT2D eigenvalue weighted by Crippen LogP contribution is -2.38. The summed E-state index contributed by atoms with van der Waals surface area (Å²) in [6.07, 6.45) is 1.90. The second kappa shape index (κ2) is 9.87. The Morgan fingerprint density at radius 1 is 1.30 bits per heavy atom. The highest BCUT2D eigenvalue weighted by molar-refractivity contribution is 14.0. The summed E-state index contributed by atoms with van der Waals surface area (Å²) in [6, 6.07) is 8.65. The summed E-state index contributed by atoms with van der Waals surface area (Å²) in [5.41, 5.74) is 2.64. The molecule has 2 rings (SSSR count). The van der Waals surface area contributed by atoms with Crippen molar-refractivity contribution in [3.8, 4) is 0 Å². The Morgan fingerprint density at radius 2 is 2.09 bits per heavy atom. The van der Waals surface area contributed by atoms with E-state index in [1.807, 2.05) is 6.20 Å². The van der Waals surface area contributed by atoms with Crippen molar-refractivity contribution in [3.05, 3.63) is 51.5 Å². The van der Waals surface area contributed by atoms with Crippen molar-refractivity contribution in [2.75, 3.05) is 13.6 Å². The van der Waals surface area contributed by atoms with Crippen LogP contribution >= 0.6 is 35.3 Å². The largest absolute Gasteiger partial charge is 0.356 e. The molecule has 0 spiro atoms. The van der Waals surface area contributed by atoms with Gasteiger partial charge in [-0.15, -0.1) is 35.3 Å². The zero-order valence-corrected chi connectivity index (χ0v) is 17.2. The van der Waals surface area contributed by atoms with Crippen molar-refractivity contribution >= 4 is 41.3 Å². The van der Waals surface area contributed by atoms with Gasteiger partial charge < -0.3 is 10.6 Å². The van der Waals surface area contributed by atoms with E-state index in [1.54, 1.807) is 18.4 Å². The van der Waals surface area contributed by atoms with Crippen molar-refractivity contribution < 1.29 is 0 Å². The summed E-state index contributed by atoms with van der Waals surface area (Å²) in [6.45, 7) is 7.97. The molecule has 23 heavy (non-hydrogen) atoms. The third kappa shape index (κ3) is 6.47. The molecule has 0 fully saturated rings. The standard InChI is InChI=1S/C17H24N4S.HI/c1-12-6-5-7-15(8-12)13(2)9-20-17(18-4)21-11-16-19-10-14(3)22-16;/h5-8,10,13H,9,11H2,1-4H3,(H2,18,20,21);1H. The predicted octanol–water partition coefficient (Wildman–Crippen LogP) is 3.85. The van der Waals surface area contributed by atoms with Gasteiger partial charge in [-0.3, -0.25) is 4.99 Å². The van der Waals surface area contributed by atoms with E-state index in [9.17, 15) is 0 Å². The maximum absolute atomic E-state index is 4.35. The van der Waals surface area contributed by atoms with Gasteiger partial charge in [-0.25, -0.2) is 4.98 Å². The van der Waals surface area contributed by atoms with Crippen LogP contribution in [0.3, 0.4) is 0 Å². The number of guanidine groups is 1. The topological polar surface area (TPSA) is 49.3 Å². The molecule has 0 radical (unpaired) electrons. The second-order valence-electron chi connectivity index (χ2n) is 5.49. The second-order valence-corrected chi connectivity index (χ2v) is 6.81. The van der Waals surface area contributed by atoms with Crippen LogP contribution in [0.1, 0.15) is 33.9 Å². The van der Waals surface area contributed by atoms with E-state index >= 15 is 0 Å². The summed E-state index contributed by atoms with van der Waals surface area (Å²) >= 11 is 1.71. The number of nitrogens with one attached hydrogen (secondary N) is 2. The van der Waals surface area contributed by atoms with Gasteiger partial charge in [0.2, 0.25) is 0 Å². The maximum Gasteiger partial charge on any atom is 0.191 e. The molecule has 0 aliphatic rings. The number of aliphatic imine (C=N–C) groups is 1. The number of hydrogen-bond acceptors (Lipinski definition) is 3. The molecule has 1 aromatic carbocycles. The molecule has 0 saturated heterocycles. The van der Waals surface area contributed by atoms with Crippen LogP contribution in [0, 0.1) is 13.8 Å². The summed E-state index contributed by atoms with van der Waals surface area (Å²) in [7, 11) is 1.79. The van der Waals surface area contributed by atoms with Crippen molar-refractivity contribution in [3.63, 3.8) is 0 Å². The fourth-order valence-corrected chi connectivity index (χ4v) is 2.93. The van der Waals surface area contributed by atoms with Gasteiger partial charge in [0.15, 0.2) is 5.96 Å². The number of halogens is 1. The molecular weight excluding hydrogens is 419 g/mol. The van der Waals surface area contributed by atoms with E-state index in [0.29, 0.717) is 12.5 Å². The number of nitrogens with zero attached hydrogens (tertiary/aromatic N) is 2. The Bertz CT molecular complexity index is 639. The Hall–Kier alpha value is -1.15. The minimum atomic E-state index is 0. The molecule has 126 valence electrons. The number of aromatic nitrogens is 1. The first-order valence-electron chi connectivity index (χ1n) is 7.51. The van der Waals surface area contributed by atoms with Crippen molar-refractivity contribution in [2.45, 2.75) is 33.2 Å². The highest BCUT2D eigenvalue weighted by atomic mass is 127. The van der Waals surface area contributed by atoms with Crippen LogP contribution in [-0.4, -0.2) is 24.5 Å². The van der Waals surface area contributed by atoms with E-state index in [4.69, 9.17) is 0 Å². The van der Waals surface area contributed by atoms with Crippen LogP contribution in [0.5, 0.6) is 0 Å². The molecule has 0 bridgehead atoms. The lowest BCUT2D eigenvalue weighted by atomic mass is 9.99. The molecule has 2 aromatic rings. The van der Waals surface area contributed by atoms with Crippen LogP contribution in [-0.2, 0) is 6.54 Å². The van der Waals surface area contributed by atoms with E-state index in [0.717, 1.165) is 17.5 Å². The van der Waals surface area contributed by atoms with E-state index in [1.165, 1.54) is 16.0 Å². The van der Waals surface area contributed by atoms with Gasteiger partial charge in [0.05, 0.1) is 6.54 Å². The number of hydrogen-bond donors (Lipinski definition) is 2.